The van der Waals surface area contributed by atoms with E-state index in [0.717, 1.165) is 16.8 Å². The summed E-state index contributed by atoms with van der Waals surface area (Å²) in [6, 6.07) is 5.90. The van der Waals surface area contributed by atoms with E-state index in [1.54, 1.807) is 17.9 Å². The average Bonchev–Trinajstić information content (AvgIpc) is 3.22. The normalized spacial score (nSPS) is 12.1. The van der Waals surface area contributed by atoms with Gasteiger partial charge in [-0.3, -0.25) is 4.79 Å². The molecule has 0 radical (unpaired) electrons. The summed E-state index contributed by atoms with van der Waals surface area (Å²) in [6.45, 7) is 6.12. The van der Waals surface area contributed by atoms with Crippen LogP contribution in [0, 0.1) is 13.8 Å². The van der Waals surface area contributed by atoms with Gasteiger partial charge in [-0.2, -0.15) is 5.10 Å². The quantitative estimate of drug-likeness (QED) is 0.676. The van der Waals surface area contributed by atoms with Crippen LogP contribution in [0.4, 0.5) is 5.69 Å². The van der Waals surface area contributed by atoms with Crippen LogP contribution in [0.5, 0.6) is 0 Å². The number of hydrogen-bond donors (Lipinski definition) is 1. The number of aromatic nitrogens is 5. The van der Waals surface area contributed by atoms with Crippen LogP contribution in [-0.2, 0) is 11.3 Å². The molecule has 2 heterocycles. The third-order valence-corrected chi connectivity index (χ3v) is 4.43. The average molecular weight is 358 g/mol. The van der Waals surface area contributed by atoms with Gasteiger partial charge in [-0.25, -0.2) is 9.67 Å². The first-order valence-corrected chi connectivity index (χ1v) is 8.59. The Bertz CT molecular complexity index is 861. The maximum atomic E-state index is 12.4. The minimum Gasteiger partial charge on any atom is -0.414 e. The molecule has 1 atom stereocenters. The molecule has 3 rings (SSSR count). The summed E-state index contributed by atoms with van der Waals surface area (Å²) in [4.78, 5) is 16.2. The van der Waals surface area contributed by atoms with E-state index in [9.17, 15) is 4.79 Å². The molecule has 25 heavy (non-hydrogen) atoms. The zero-order valence-corrected chi connectivity index (χ0v) is 14.9. The van der Waals surface area contributed by atoms with Crippen LogP contribution >= 0.6 is 11.8 Å². The van der Waals surface area contributed by atoms with Crippen molar-refractivity contribution in [1.82, 2.24) is 25.0 Å². The summed E-state index contributed by atoms with van der Waals surface area (Å²) in [7, 11) is 0. The molecule has 0 aliphatic carbocycles. The van der Waals surface area contributed by atoms with E-state index in [2.05, 4.69) is 25.6 Å². The fraction of sp³-hybridized carbons (Fsp3) is 0.312. The second kappa shape index (κ2) is 7.47. The van der Waals surface area contributed by atoms with Crippen LogP contribution in [0.25, 0.3) is 0 Å². The minimum atomic E-state index is -0.375. The second-order valence-corrected chi connectivity index (χ2v) is 6.91. The van der Waals surface area contributed by atoms with Gasteiger partial charge in [0.1, 0.15) is 19.2 Å². The number of anilines is 1. The molecular formula is C16H18N6O2S. The molecule has 0 saturated heterocycles. The van der Waals surface area contributed by atoms with E-state index >= 15 is 0 Å². The number of benzene rings is 1. The van der Waals surface area contributed by atoms with Gasteiger partial charge >= 0.3 is 0 Å². The number of nitrogens with one attached hydrogen (secondary N) is 1. The zero-order valence-electron chi connectivity index (χ0n) is 14.1. The maximum absolute atomic E-state index is 12.4. The first kappa shape index (κ1) is 17.2. The van der Waals surface area contributed by atoms with Crippen molar-refractivity contribution in [2.75, 3.05) is 5.32 Å². The Labute approximate surface area is 149 Å². The molecule has 1 amide bonds. The lowest BCUT2D eigenvalue weighted by molar-refractivity contribution is -0.115. The van der Waals surface area contributed by atoms with Crippen molar-refractivity contribution in [3.05, 3.63) is 47.9 Å². The molecule has 1 unspecified atom stereocenters. The van der Waals surface area contributed by atoms with Gasteiger partial charge in [-0.05, 0) is 32.4 Å². The molecule has 1 aromatic carbocycles. The molecule has 1 N–H and O–H groups in total. The summed E-state index contributed by atoms with van der Waals surface area (Å²) in [5.41, 5.74) is 2.99. The lowest BCUT2D eigenvalue weighted by Gasteiger charge is -2.12. The topological polar surface area (TPSA) is 98.7 Å². The third-order valence-electron chi connectivity index (χ3n) is 3.50. The number of carbonyl (C=O) groups is 1. The summed E-state index contributed by atoms with van der Waals surface area (Å²) in [5.74, 6) is 0.294. The Morgan fingerprint density at radius 3 is 2.92 bits per heavy atom. The van der Waals surface area contributed by atoms with Crippen LogP contribution in [0.1, 0.15) is 23.9 Å². The van der Waals surface area contributed by atoms with Crippen molar-refractivity contribution in [3.8, 4) is 0 Å². The first-order chi connectivity index (χ1) is 12.0. The molecule has 130 valence electrons. The van der Waals surface area contributed by atoms with Crippen molar-refractivity contribution < 1.29 is 9.21 Å². The highest BCUT2D eigenvalue weighted by atomic mass is 32.2. The van der Waals surface area contributed by atoms with E-state index < -0.39 is 0 Å². The third kappa shape index (κ3) is 4.44. The predicted molar refractivity (Wildman–Crippen MR) is 93.3 cm³/mol. The Kier molecular flexibility index (Phi) is 5.13. The largest absolute Gasteiger partial charge is 0.414 e. The number of nitrogens with zero attached hydrogens (tertiary/aromatic N) is 5. The Morgan fingerprint density at radius 2 is 2.20 bits per heavy atom. The van der Waals surface area contributed by atoms with Gasteiger partial charge in [0.2, 0.25) is 11.8 Å². The summed E-state index contributed by atoms with van der Waals surface area (Å²) >= 11 is 1.22. The van der Waals surface area contributed by atoms with Gasteiger partial charge in [-0.1, -0.05) is 29.5 Å². The van der Waals surface area contributed by atoms with Gasteiger partial charge in [0.05, 0.1) is 5.25 Å². The highest BCUT2D eigenvalue weighted by molar-refractivity contribution is 8.00. The second-order valence-electron chi connectivity index (χ2n) is 5.62. The van der Waals surface area contributed by atoms with Crippen molar-refractivity contribution in [2.24, 2.45) is 0 Å². The van der Waals surface area contributed by atoms with Crippen molar-refractivity contribution >= 4 is 23.4 Å². The van der Waals surface area contributed by atoms with Crippen molar-refractivity contribution in [1.29, 1.82) is 0 Å². The van der Waals surface area contributed by atoms with Gasteiger partial charge in [0.25, 0.3) is 5.22 Å². The van der Waals surface area contributed by atoms with E-state index in [1.165, 1.54) is 18.1 Å². The Balaban J connectivity index is 1.58. The maximum Gasteiger partial charge on any atom is 0.277 e. The predicted octanol–water partition coefficient (Wildman–Crippen LogP) is 2.45. The number of hydrogen-bond acceptors (Lipinski definition) is 7. The molecule has 9 heteroatoms. The summed E-state index contributed by atoms with van der Waals surface area (Å²) < 4.78 is 7.12. The van der Waals surface area contributed by atoms with Crippen molar-refractivity contribution in [2.45, 2.75) is 37.8 Å². The summed E-state index contributed by atoms with van der Waals surface area (Å²) in [6.07, 6.45) is 3.00. The number of amides is 1. The van der Waals surface area contributed by atoms with Gasteiger partial charge in [-0.15, -0.1) is 10.2 Å². The lowest BCUT2D eigenvalue weighted by atomic mass is 10.1. The van der Waals surface area contributed by atoms with E-state index in [0.29, 0.717) is 17.7 Å². The molecule has 0 aliphatic heterocycles. The molecule has 0 aliphatic rings. The van der Waals surface area contributed by atoms with Crippen LogP contribution in [0.2, 0.25) is 0 Å². The SMILES string of the molecule is Cc1ccc(NC(=O)C(C)Sc2nnc(Cn3cncn3)o2)c(C)c1. The molecular weight excluding hydrogens is 340 g/mol. The molecule has 0 spiro atoms. The van der Waals surface area contributed by atoms with Crippen LogP contribution in [0.15, 0.2) is 40.5 Å². The highest BCUT2D eigenvalue weighted by Crippen LogP contribution is 2.24. The monoisotopic (exact) mass is 358 g/mol. The molecule has 2 aromatic heterocycles. The fourth-order valence-corrected chi connectivity index (χ4v) is 2.90. The molecule has 0 fully saturated rings. The summed E-state index contributed by atoms with van der Waals surface area (Å²) in [5, 5.41) is 14.8. The first-order valence-electron chi connectivity index (χ1n) is 7.71. The van der Waals surface area contributed by atoms with E-state index in [1.807, 2.05) is 32.0 Å². The smallest absolute Gasteiger partial charge is 0.277 e. The number of aryl methyl sites for hydroxylation is 2. The van der Waals surface area contributed by atoms with E-state index in [-0.39, 0.29) is 11.2 Å². The molecule has 3 aromatic rings. The number of thioether (sulfide) groups is 1. The number of rotatable bonds is 6. The Morgan fingerprint density at radius 1 is 1.36 bits per heavy atom. The van der Waals surface area contributed by atoms with Crippen LogP contribution < -0.4 is 5.32 Å². The molecule has 8 nitrogen and oxygen atoms in total. The van der Waals surface area contributed by atoms with Gasteiger partial charge < -0.3 is 9.73 Å². The molecule has 0 bridgehead atoms. The van der Waals surface area contributed by atoms with Gasteiger partial charge in [0.15, 0.2) is 0 Å². The Hall–Kier alpha value is -2.68. The standard InChI is InChI=1S/C16H18N6O2S/c1-10-4-5-13(11(2)6-10)19-15(23)12(3)25-16-21-20-14(24-16)7-22-9-17-8-18-22/h4-6,8-9,12H,7H2,1-3H3,(H,19,23). The lowest BCUT2D eigenvalue weighted by Crippen LogP contribution is -2.22. The van der Waals surface area contributed by atoms with E-state index in [4.69, 9.17) is 4.42 Å². The zero-order chi connectivity index (χ0) is 17.8. The number of carbonyl (C=O) groups excluding carboxylic acids is 1. The van der Waals surface area contributed by atoms with Crippen LogP contribution in [-0.4, -0.2) is 36.1 Å². The highest BCUT2D eigenvalue weighted by Gasteiger charge is 2.19. The van der Waals surface area contributed by atoms with Gasteiger partial charge in [0, 0.05) is 5.69 Å². The molecule has 0 saturated carbocycles. The van der Waals surface area contributed by atoms with Crippen LogP contribution in [0.3, 0.4) is 0 Å². The minimum absolute atomic E-state index is 0.118. The fourth-order valence-electron chi connectivity index (χ4n) is 2.20. The van der Waals surface area contributed by atoms with Crippen molar-refractivity contribution in [3.63, 3.8) is 0 Å².